The maximum Gasteiger partial charge on any atom is 0.416 e. The first-order valence-electron chi connectivity index (χ1n) is 7.31. The molecular formula is C16H16F3N3O3. The molecule has 0 spiro atoms. The quantitative estimate of drug-likeness (QED) is 0.768. The summed E-state index contributed by atoms with van der Waals surface area (Å²) < 4.78 is 39.1. The van der Waals surface area contributed by atoms with E-state index in [1.807, 2.05) is 0 Å². The highest BCUT2D eigenvalue weighted by Crippen LogP contribution is 2.30. The fraction of sp³-hybridized carbons (Fsp3) is 0.250. The van der Waals surface area contributed by atoms with Crippen LogP contribution in [0.5, 0.6) is 0 Å². The lowest BCUT2D eigenvalue weighted by atomic mass is 10.2. The molecule has 6 nitrogen and oxygen atoms in total. The number of aliphatic hydroxyl groups excluding tert-OH is 1. The lowest BCUT2D eigenvalue weighted by Gasteiger charge is -2.14. The molecule has 0 aliphatic rings. The van der Waals surface area contributed by atoms with Crippen LogP contribution in [0.1, 0.15) is 5.56 Å². The average Bonchev–Trinajstić information content (AvgIpc) is 2.55. The Morgan fingerprint density at radius 1 is 1.20 bits per heavy atom. The average molecular weight is 355 g/mol. The minimum atomic E-state index is -4.51. The summed E-state index contributed by atoms with van der Waals surface area (Å²) >= 11 is 0. The first kappa shape index (κ1) is 18.5. The molecule has 2 aromatic rings. The molecule has 0 aliphatic carbocycles. The number of benzene rings is 1. The van der Waals surface area contributed by atoms with Crippen LogP contribution in [0.4, 0.5) is 23.7 Å². The molecule has 0 bridgehead atoms. The Labute approximate surface area is 140 Å². The number of pyridine rings is 1. The minimum absolute atomic E-state index is 0.0243. The topological polar surface area (TPSA) is 83.4 Å². The van der Waals surface area contributed by atoms with Gasteiger partial charge in [0.25, 0.3) is 5.56 Å². The Balaban J connectivity index is 1.86. The number of hydrogen-bond acceptors (Lipinski definition) is 3. The summed E-state index contributed by atoms with van der Waals surface area (Å²) in [7, 11) is 0. The second-order valence-corrected chi connectivity index (χ2v) is 5.26. The third-order valence-corrected chi connectivity index (χ3v) is 3.25. The van der Waals surface area contributed by atoms with E-state index < -0.39 is 23.9 Å². The molecule has 0 saturated heterocycles. The summed E-state index contributed by atoms with van der Waals surface area (Å²) in [4.78, 5) is 23.2. The van der Waals surface area contributed by atoms with Gasteiger partial charge < -0.3 is 20.3 Å². The molecule has 0 fully saturated rings. The summed E-state index contributed by atoms with van der Waals surface area (Å²) in [5.74, 6) is 0. The van der Waals surface area contributed by atoms with E-state index in [4.69, 9.17) is 0 Å². The Morgan fingerprint density at radius 2 is 1.96 bits per heavy atom. The molecule has 9 heteroatoms. The SMILES string of the molecule is O=C(NCC(O)Cn1ccccc1=O)Nc1cccc(C(F)(F)F)c1. The standard InChI is InChI=1S/C16H16F3N3O3/c17-16(18,19)11-4-3-5-12(8-11)21-15(25)20-9-13(23)10-22-7-2-1-6-14(22)24/h1-8,13,23H,9-10H2,(H2,20,21,25). The van der Waals surface area contributed by atoms with E-state index in [9.17, 15) is 27.9 Å². The van der Waals surface area contributed by atoms with Gasteiger partial charge in [0.2, 0.25) is 0 Å². The molecule has 1 heterocycles. The van der Waals surface area contributed by atoms with Gasteiger partial charge in [-0.15, -0.1) is 0 Å². The van der Waals surface area contributed by atoms with Gasteiger partial charge in [-0.25, -0.2) is 4.79 Å². The van der Waals surface area contributed by atoms with Gasteiger partial charge in [-0.3, -0.25) is 4.79 Å². The molecule has 0 aliphatic heterocycles. The zero-order valence-corrected chi connectivity index (χ0v) is 13.0. The van der Waals surface area contributed by atoms with Crippen LogP contribution >= 0.6 is 0 Å². The van der Waals surface area contributed by atoms with Crippen molar-refractivity contribution in [2.45, 2.75) is 18.8 Å². The summed E-state index contributed by atoms with van der Waals surface area (Å²) in [6, 6.07) is 7.95. The molecule has 25 heavy (non-hydrogen) atoms. The second-order valence-electron chi connectivity index (χ2n) is 5.26. The number of aromatic nitrogens is 1. The maximum atomic E-state index is 12.6. The van der Waals surface area contributed by atoms with Gasteiger partial charge >= 0.3 is 12.2 Å². The van der Waals surface area contributed by atoms with E-state index in [0.717, 1.165) is 12.1 Å². The van der Waals surface area contributed by atoms with Crippen molar-refractivity contribution >= 4 is 11.7 Å². The van der Waals surface area contributed by atoms with Crippen LogP contribution in [-0.4, -0.2) is 28.4 Å². The molecule has 1 atom stereocenters. The number of nitrogens with zero attached hydrogens (tertiary/aromatic N) is 1. The van der Waals surface area contributed by atoms with Gasteiger partial charge in [0, 0.05) is 24.5 Å². The van der Waals surface area contributed by atoms with Gasteiger partial charge in [0.15, 0.2) is 0 Å². The number of aliphatic hydroxyl groups is 1. The normalized spacial score (nSPS) is 12.5. The Hall–Kier alpha value is -2.81. The van der Waals surface area contributed by atoms with Crippen molar-refractivity contribution in [2.24, 2.45) is 0 Å². The van der Waals surface area contributed by atoms with E-state index in [-0.39, 0.29) is 24.3 Å². The summed E-state index contributed by atoms with van der Waals surface area (Å²) in [5.41, 5.74) is -1.20. The van der Waals surface area contributed by atoms with Crippen molar-refractivity contribution in [1.82, 2.24) is 9.88 Å². The highest BCUT2D eigenvalue weighted by Gasteiger charge is 2.30. The van der Waals surface area contributed by atoms with Crippen LogP contribution in [0.2, 0.25) is 0 Å². The van der Waals surface area contributed by atoms with Crippen molar-refractivity contribution in [2.75, 3.05) is 11.9 Å². The van der Waals surface area contributed by atoms with Crippen LogP contribution in [0, 0.1) is 0 Å². The molecular weight excluding hydrogens is 339 g/mol. The number of hydrogen-bond donors (Lipinski definition) is 3. The van der Waals surface area contributed by atoms with Gasteiger partial charge in [0.05, 0.1) is 18.2 Å². The number of anilines is 1. The predicted molar refractivity (Wildman–Crippen MR) is 85.2 cm³/mol. The first-order chi connectivity index (χ1) is 11.8. The van der Waals surface area contributed by atoms with Crippen LogP contribution in [0.25, 0.3) is 0 Å². The number of halogens is 3. The molecule has 2 rings (SSSR count). The summed E-state index contributed by atoms with van der Waals surface area (Å²) in [6.45, 7) is -0.199. The molecule has 0 radical (unpaired) electrons. The van der Waals surface area contributed by atoms with Crippen molar-refractivity contribution in [3.63, 3.8) is 0 Å². The Kier molecular flexibility index (Phi) is 5.81. The summed E-state index contributed by atoms with van der Waals surface area (Å²) in [5, 5.41) is 14.4. The van der Waals surface area contributed by atoms with Crippen LogP contribution in [-0.2, 0) is 12.7 Å². The van der Waals surface area contributed by atoms with Crippen molar-refractivity contribution in [3.8, 4) is 0 Å². The smallest absolute Gasteiger partial charge is 0.389 e. The largest absolute Gasteiger partial charge is 0.416 e. The first-order valence-corrected chi connectivity index (χ1v) is 7.31. The minimum Gasteiger partial charge on any atom is -0.389 e. The van der Waals surface area contributed by atoms with E-state index >= 15 is 0 Å². The number of carbonyl (C=O) groups is 1. The number of amides is 2. The zero-order chi connectivity index (χ0) is 18.4. The van der Waals surface area contributed by atoms with Crippen molar-refractivity contribution in [1.29, 1.82) is 0 Å². The van der Waals surface area contributed by atoms with Gasteiger partial charge in [-0.1, -0.05) is 12.1 Å². The van der Waals surface area contributed by atoms with E-state index in [1.54, 1.807) is 12.1 Å². The van der Waals surface area contributed by atoms with E-state index in [1.165, 1.54) is 29.0 Å². The molecule has 1 aromatic heterocycles. The lowest BCUT2D eigenvalue weighted by molar-refractivity contribution is -0.137. The van der Waals surface area contributed by atoms with Crippen molar-refractivity contribution in [3.05, 3.63) is 64.6 Å². The zero-order valence-electron chi connectivity index (χ0n) is 13.0. The van der Waals surface area contributed by atoms with E-state index in [0.29, 0.717) is 0 Å². The molecule has 2 amide bonds. The molecule has 0 saturated carbocycles. The highest BCUT2D eigenvalue weighted by molar-refractivity contribution is 5.89. The molecule has 1 unspecified atom stereocenters. The number of urea groups is 1. The van der Waals surface area contributed by atoms with E-state index in [2.05, 4.69) is 10.6 Å². The van der Waals surface area contributed by atoms with Gasteiger partial charge in [0.1, 0.15) is 0 Å². The van der Waals surface area contributed by atoms with Crippen molar-refractivity contribution < 1.29 is 23.1 Å². The lowest BCUT2D eigenvalue weighted by Crippen LogP contribution is -2.38. The Morgan fingerprint density at radius 3 is 2.64 bits per heavy atom. The number of rotatable bonds is 5. The molecule has 3 N–H and O–H groups in total. The van der Waals surface area contributed by atoms with Gasteiger partial charge in [-0.05, 0) is 24.3 Å². The predicted octanol–water partition coefficient (Wildman–Crippen LogP) is 2.05. The molecule has 1 aromatic carbocycles. The number of alkyl halides is 3. The van der Waals surface area contributed by atoms with Crippen LogP contribution in [0.3, 0.4) is 0 Å². The number of carbonyl (C=O) groups excluding carboxylic acids is 1. The van der Waals surface area contributed by atoms with Crippen LogP contribution < -0.4 is 16.2 Å². The third kappa shape index (κ3) is 5.64. The summed E-state index contributed by atoms with van der Waals surface area (Å²) in [6.07, 6.45) is -4.05. The Bertz CT molecular complexity index is 790. The van der Waals surface area contributed by atoms with Crippen LogP contribution in [0.15, 0.2) is 53.5 Å². The molecule has 134 valence electrons. The maximum absolute atomic E-state index is 12.6. The van der Waals surface area contributed by atoms with Gasteiger partial charge in [-0.2, -0.15) is 13.2 Å². The monoisotopic (exact) mass is 355 g/mol. The fourth-order valence-electron chi connectivity index (χ4n) is 2.06. The second kappa shape index (κ2) is 7.84. The highest BCUT2D eigenvalue weighted by atomic mass is 19.4. The number of nitrogens with one attached hydrogen (secondary N) is 2. The fourth-order valence-corrected chi connectivity index (χ4v) is 2.06. The third-order valence-electron chi connectivity index (χ3n) is 3.25.